The molecule has 0 atom stereocenters. The molecule has 6 nitrogen and oxygen atoms in total. The second-order valence-corrected chi connectivity index (χ2v) is 5.76. The van der Waals surface area contributed by atoms with E-state index in [-0.39, 0.29) is 11.8 Å². The minimum atomic E-state index is -0.189. The zero-order valence-electron chi connectivity index (χ0n) is 14.3. The second kappa shape index (κ2) is 8.02. The van der Waals surface area contributed by atoms with E-state index in [1.54, 1.807) is 49.1 Å². The van der Waals surface area contributed by atoms with Crippen molar-refractivity contribution in [3.63, 3.8) is 0 Å². The standard InChI is InChI=1S/C20H18N4O2/c1-14(25)24-19-6-4-16(5-7-19)20(26)23-11-15-9-18(13-22-10-15)17-3-2-8-21-12-17/h2-10,12-13H,11H2,1H3,(H,23,26)(H,24,25). The van der Waals surface area contributed by atoms with Gasteiger partial charge in [-0.25, -0.2) is 0 Å². The maximum absolute atomic E-state index is 12.3. The Morgan fingerprint density at radius 1 is 0.962 bits per heavy atom. The highest BCUT2D eigenvalue weighted by molar-refractivity contribution is 5.95. The molecule has 0 aliphatic rings. The summed E-state index contributed by atoms with van der Waals surface area (Å²) in [7, 11) is 0. The fraction of sp³-hybridized carbons (Fsp3) is 0.100. The number of aromatic nitrogens is 2. The number of nitrogens with one attached hydrogen (secondary N) is 2. The Morgan fingerprint density at radius 2 is 1.73 bits per heavy atom. The molecule has 0 spiro atoms. The summed E-state index contributed by atoms with van der Waals surface area (Å²) in [4.78, 5) is 31.6. The molecule has 0 unspecified atom stereocenters. The van der Waals surface area contributed by atoms with Crippen molar-refractivity contribution in [3.05, 3.63) is 78.4 Å². The summed E-state index contributed by atoms with van der Waals surface area (Å²) in [5.41, 5.74) is 4.00. The molecule has 0 saturated carbocycles. The molecule has 0 bridgehead atoms. The number of carbonyl (C=O) groups is 2. The number of benzene rings is 1. The summed E-state index contributed by atoms with van der Waals surface area (Å²) in [5, 5.41) is 5.54. The molecule has 26 heavy (non-hydrogen) atoms. The lowest BCUT2D eigenvalue weighted by atomic mass is 10.1. The average Bonchev–Trinajstić information content (AvgIpc) is 2.67. The van der Waals surface area contributed by atoms with Crippen LogP contribution in [0.4, 0.5) is 5.69 Å². The first-order valence-electron chi connectivity index (χ1n) is 8.12. The van der Waals surface area contributed by atoms with Crippen LogP contribution in [0.15, 0.2) is 67.3 Å². The van der Waals surface area contributed by atoms with Gasteiger partial charge in [-0.1, -0.05) is 6.07 Å². The summed E-state index contributed by atoms with van der Waals surface area (Å²) in [6.07, 6.45) is 6.98. The molecule has 3 rings (SSSR count). The Morgan fingerprint density at radius 3 is 2.42 bits per heavy atom. The van der Waals surface area contributed by atoms with Gasteiger partial charge in [-0.05, 0) is 42.0 Å². The van der Waals surface area contributed by atoms with Gasteiger partial charge in [0, 0.05) is 60.6 Å². The van der Waals surface area contributed by atoms with Gasteiger partial charge in [0.15, 0.2) is 0 Å². The normalized spacial score (nSPS) is 10.2. The van der Waals surface area contributed by atoms with Crippen LogP contribution in [-0.4, -0.2) is 21.8 Å². The fourth-order valence-corrected chi connectivity index (χ4v) is 2.47. The molecule has 3 aromatic rings. The SMILES string of the molecule is CC(=O)Nc1ccc(C(=O)NCc2cncc(-c3cccnc3)c2)cc1. The van der Waals surface area contributed by atoms with E-state index in [4.69, 9.17) is 0 Å². The summed E-state index contributed by atoms with van der Waals surface area (Å²) in [6, 6.07) is 12.5. The Hall–Kier alpha value is -3.54. The van der Waals surface area contributed by atoms with Crippen LogP contribution in [0.5, 0.6) is 0 Å². The van der Waals surface area contributed by atoms with E-state index >= 15 is 0 Å². The van der Waals surface area contributed by atoms with Crippen molar-refractivity contribution in [2.24, 2.45) is 0 Å². The van der Waals surface area contributed by atoms with Crippen molar-refractivity contribution in [1.29, 1.82) is 0 Å². The van der Waals surface area contributed by atoms with Crippen LogP contribution in [0.1, 0.15) is 22.8 Å². The number of anilines is 1. The van der Waals surface area contributed by atoms with Crippen molar-refractivity contribution in [2.75, 3.05) is 5.32 Å². The Labute approximate surface area is 151 Å². The first-order valence-corrected chi connectivity index (χ1v) is 8.12. The van der Waals surface area contributed by atoms with Gasteiger partial charge in [0.1, 0.15) is 0 Å². The van der Waals surface area contributed by atoms with Gasteiger partial charge in [0.05, 0.1) is 0 Å². The summed E-state index contributed by atoms with van der Waals surface area (Å²) in [5.74, 6) is -0.339. The molecule has 2 heterocycles. The fourth-order valence-electron chi connectivity index (χ4n) is 2.47. The molecule has 2 amide bonds. The predicted octanol–water partition coefficient (Wildman–Crippen LogP) is 3.03. The first kappa shape index (κ1) is 17.3. The van der Waals surface area contributed by atoms with Crippen molar-refractivity contribution in [3.8, 4) is 11.1 Å². The van der Waals surface area contributed by atoms with Gasteiger partial charge >= 0.3 is 0 Å². The number of amides is 2. The molecular weight excluding hydrogens is 328 g/mol. The predicted molar refractivity (Wildman–Crippen MR) is 99.4 cm³/mol. The van der Waals surface area contributed by atoms with Crippen molar-refractivity contribution >= 4 is 17.5 Å². The third-order valence-electron chi connectivity index (χ3n) is 3.71. The van der Waals surface area contributed by atoms with Gasteiger partial charge in [0.2, 0.25) is 5.91 Å². The summed E-state index contributed by atoms with van der Waals surface area (Å²) in [6.45, 7) is 1.81. The third kappa shape index (κ3) is 4.51. The van der Waals surface area contributed by atoms with E-state index in [9.17, 15) is 9.59 Å². The maximum atomic E-state index is 12.3. The van der Waals surface area contributed by atoms with Crippen molar-refractivity contribution < 1.29 is 9.59 Å². The number of hydrogen-bond donors (Lipinski definition) is 2. The maximum Gasteiger partial charge on any atom is 0.251 e. The van der Waals surface area contributed by atoms with E-state index in [0.717, 1.165) is 16.7 Å². The smallest absolute Gasteiger partial charge is 0.251 e. The molecule has 1 aromatic carbocycles. The average molecular weight is 346 g/mol. The largest absolute Gasteiger partial charge is 0.348 e. The van der Waals surface area contributed by atoms with E-state index in [0.29, 0.717) is 17.8 Å². The molecule has 0 aliphatic carbocycles. The molecule has 2 N–H and O–H groups in total. The van der Waals surface area contributed by atoms with Crippen LogP contribution < -0.4 is 10.6 Å². The monoisotopic (exact) mass is 346 g/mol. The molecule has 130 valence electrons. The summed E-state index contributed by atoms with van der Waals surface area (Å²) < 4.78 is 0. The Bertz CT molecular complexity index is 909. The van der Waals surface area contributed by atoms with Gasteiger partial charge in [-0.15, -0.1) is 0 Å². The Balaban J connectivity index is 1.63. The van der Waals surface area contributed by atoms with Crippen LogP contribution in [0.2, 0.25) is 0 Å². The van der Waals surface area contributed by atoms with Gasteiger partial charge in [-0.3, -0.25) is 19.6 Å². The minimum Gasteiger partial charge on any atom is -0.348 e. The number of nitrogens with zero attached hydrogens (tertiary/aromatic N) is 2. The number of pyridine rings is 2. The van der Waals surface area contributed by atoms with E-state index in [2.05, 4.69) is 20.6 Å². The van der Waals surface area contributed by atoms with Crippen LogP contribution in [0.3, 0.4) is 0 Å². The number of hydrogen-bond acceptors (Lipinski definition) is 4. The highest BCUT2D eigenvalue weighted by Crippen LogP contribution is 2.18. The summed E-state index contributed by atoms with van der Waals surface area (Å²) >= 11 is 0. The third-order valence-corrected chi connectivity index (χ3v) is 3.71. The van der Waals surface area contributed by atoms with Crippen molar-refractivity contribution in [1.82, 2.24) is 15.3 Å². The van der Waals surface area contributed by atoms with Gasteiger partial charge in [-0.2, -0.15) is 0 Å². The number of carbonyl (C=O) groups excluding carboxylic acids is 2. The second-order valence-electron chi connectivity index (χ2n) is 5.76. The molecule has 6 heteroatoms. The van der Waals surface area contributed by atoms with Crippen LogP contribution in [0.25, 0.3) is 11.1 Å². The Kier molecular flexibility index (Phi) is 5.34. The highest BCUT2D eigenvalue weighted by atomic mass is 16.2. The van der Waals surface area contributed by atoms with Crippen LogP contribution in [-0.2, 0) is 11.3 Å². The molecule has 0 radical (unpaired) electrons. The molecule has 2 aromatic heterocycles. The lowest BCUT2D eigenvalue weighted by molar-refractivity contribution is -0.114. The quantitative estimate of drug-likeness (QED) is 0.744. The zero-order valence-corrected chi connectivity index (χ0v) is 14.3. The number of rotatable bonds is 5. The van der Waals surface area contributed by atoms with Gasteiger partial charge < -0.3 is 10.6 Å². The van der Waals surface area contributed by atoms with E-state index in [1.165, 1.54) is 6.92 Å². The molecule has 0 fully saturated rings. The van der Waals surface area contributed by atoms with E-state index in [1.807, 2.05) is 18.2 Å². The molecule has 0 aliphatic heterocycles. The minimum absolute atomic E-state index is 0.150. The molecule has 0 saturated heterocycles. The topological polar surface area (TPSA) is 84.0 Å². The lowest BCUT2D eigenvalue weighted by Crippen LogP contribution is -2.22. The zero-order chi connectivity index (χ0) is 18.4. The lowest BCUT2D eigenvalue weighted by Gasteiger charge is -2.08. The van der Waals surface area contributed by atoms with Crippen LogP contribution in [0, 0.1) is 0 Å². The van der Waals surface area contributed by atoms with Crippen LogP contribution >= 0.6 is 0 Å². The van der Waals surface area contributed by atoms with Crippen molar-refractivity contribution in [2.45, 2.75) is 13.5 Å². The first-order chi connectivity index (χ1) is 12.6. The van der Waals surface area contributed by atoms with Gasteiger partial charge in [0.25, 0.3) is 5.91 Å². The highest BCUT2D eigenvalue weighted by Gasteiger charge is 2.07. The van der Waals surface area contributed by atoms with E-state index < -0.39 is 0 Å². The molecular formula is C20H18N4O2.